The van der Waals surface area contributed by atoms with E-state index in [1.165, 1.54) is 10.9 Å². The summed E-state index contributed by atoms with van der Waals surface area (Å²) in [5, 5.41) is 19.1. The molecule has 2 N–H and O–H groups in total. The van der Waals surface area contributed by atoms with E-state index >= 15 is 0 Å². The van der Waals surface area contributed by atoms with Crippen LogP contribution in [0.25, 0.3) is 11.1 Å². The van der Waals surface area contributed by atoms with Crippen molar-refractivity contribution in [2.75, 3.05) is 19.7 Å². The molecule has 0 saturated carbocycles. The zero-order chi connectivity index (χ0) is 24.5. The monoisotopic (exact) mass is 475 g/mol. The minimum Gasteiger partial charge on any atom is -0.476 e. The minimum atomic E-state index is -1.14. The molecule has 1 fully saturated rings. The number of likely N-dealkylation sites (tertiary alicyclic amines) is 1. The maximum atomic E-state index is 12.5. The number of rotatable bonds is 7. The summed E-state index contributed by atoms with van der Waals surface area (Å²) < 4.78 is 7.01. The molecular weight excluding hydrogens is 450 g/mol. The molecule has 10 nitrogen and oxygen atoms in total. The average Bonchev–Trinajstić information content (AvgIpc) is 3.40. The number of benzene rings is 2. The number of carboxylic acid groups (broad SMARTS) is 1. The first-order chi connectivity index (χ1) is 16.9. The molecule has 3 aromatic rings. The smallest absolute Gasteiger partial charge is 0.407 e. The van der Waals surface area contributed by atoms with Gasteiger partial charge in [-0.25, -0.2) is 14.3 Å². The molecule has 0 bridgehead atoms. The van der Waals surface area contributed by atoms with Gasteiger partial charge >= 0.3 is 12.1 Å². The molecule has 0 radical (unpaired) electrons. The predicted molar refractivity (Wildman–Crippen MR) is 125 cm³/mol. The molecule has 35 heavy (non-hydrogen) atoms. The molecule has 1 aliphatic heterocycles. The Kier molecular flexibility index (Phi) is 5.94. The zero-order valence-electron chi connectivity index (χ0n) is 19.1. The van der Waals surface area contributed by atoms with Gasteiger partial charge < -0.3 is 20.1 Å². The van der Waals surface area contributed by atoms with Crippen molar-refractivity contribution in [1.29, 1.82) is 0 Å². The van der Waals surface area contributed by atoms with Gasteiger partial charge in [0.25, 0.3) is 0 Å². The van der Waals surface area contributed by atoms with E-state index in [1.807, 2.05) is 24.3 Å². The van der Waals surface area contributed by atoms with Gasteiger partial charge in [-0.15, -0.1) is 5.10 Å². The van der Waals surface area contributed by atoms with Crippen LogP contribution >= 0.6 is 0 Å². The Morgan fingerprint density at radius 2 is 1.71 bits per heavy atom. The fourth-order valence-corrected chi connectivity index (χ4v) is 4.66. The van der Waals surface area contributed by atoms with E-state index in [9.17, 15) is 14.4 Å². The second-order valence-corrected chi connectivity index (χ2v) is 8.92. The molecule has 2 heterocycles. The predicted octanol–water partition coefficient (Wildman–Crippen LogP) is 2.68. The third kappa shape index (κ3) is 4.46. The number of aromatic carboxylic acids is 1. The van der Waals surface area contributed by atoms with Gasteiger partial charge in [-0.05, 0) is 29.2 Å². The SMILES string of the molecule is C[C@H](CC(=O)N1CC(n2cc(C(=O)O)nn2)C1)NC(=O)OCC1c2ccccc2-c2ccccc21. The molecule has 1 atom stereocenters. The number of nitrogens with one attached hydrogen (secondary N) is 1. The first-order valence-electron chi connectivity index (χ1n) is 11.4. The second-order valence-electron chi connectivity index (χ2n) is 8.92. The van der Waals surface area contributed by atoms with E-state index in [2.05, 4.69) is 39.9 Å². The van der Waals surface area contributed by atoms with Crippen LogP contribution in [0.5, 0.6) is 0 Å². The van der Waals surface area contributed by atoms with Crippen LogP contribution in [0.4, 0.5) is 4.79 Å². The fraction of sp³-hybridized carbons (Fsp3) is 0.320. The molecule has 1 saturated heterocycles. The third-order valence-corrected chi connectivity index (χ3v) is 6.51. The maximum absolute atomic E-state index is 12.5. The van der Waals surface area contributed by atoms with Crippen molar-refractivity contribution in [2.45, 2.75) is 31.3 Å². The molecule has 1 aromatic heterocycles. The Bertz CT molecular complexity index is 1240. The van der Waals surface area contributed by atoms with Crippen LogP contribution in [0.15, 0.2) is 54.7 Å². The van der Waals surface area contributed by atoms with E-state index in [0.29, 0.717) is 13.1 Å². The van der Waals surface area contributed by atoms with Gasteiger partial charge in [0.2, 0.25) is 5.91 Å². The number of ether oxygens (including phenoxy) is 1. The number of carbonyl (C=O) groups is 3. The molecule has 5 rings (SSSR count). The minimum absolute atomic E-state index is 0.0264. The largest absolute Gasteiger partial charge is 0.476 e. The van der Waals surface area contributed by atoms with E-state index in [1.54, 1.807) is 11.8 Å². The molecule has 10 heteroatoms. The lowest BCUT2D eigenvalue weighted by atomic mass is 9.98. The molecule has 1 aliphatic carbocycles. The topological polar surface area (TPSA) is 127 Å². The van der Waals surface area contributed by atoms with Gasteiger partial charge in [-0.1, -0.05) is 53.7 Å². The number of hydrogen-bond donors (Lipinski definition) is 2. The van der Waals surface area contributed by atoms with Crippen molar-refractivity contribution < 1.29 is 24.2 Å². The summed E-state index contributed by atoms with van der Waals surface area (Å²) in [7, 11) is 0. The Labute approximate surface area is 201 Å². The number of alkyl carbamates (subject to hydrolysis) is 1. The number of fused-ring (bicyclic) bond motifs is 3. The summed E-state index contributed by atoms with van der Waals surface area (Å²) in [6.07, 6.45) is 0.933. The highest BCUT2D eigenvalue weighted by Gasteiger charge is 2.34. The van der Waals surface area contributed by atoms with Crippen LogP contribution in [-0.2, 0) is 9.53 Å². The molecule has 180 valence electrons. The van der Waals surface area contributed by atoms with Crippen LogP contribution in [0, 0.1) is 0 Å². The maximum Gasteiger partial charge on any atom is 0.407 e. The average molecular weight is 476 g/mol. The molecule has 2 amide bonds. The van der Waals surface area contributed by atoms with Crippen LogP contribution < -0.4 is 5.32 Å². The van der Waals surface area contributed by atoms with Gasteiger partial charge in [0.1, 0.15) is 6.61 Å². The van der Waals surface area contributed by atoms with Gasteiger partial charge in [0.15, 0.2) is 5.69 Å². The zero-order valence-corrected chi connectivity index (χ0v) is 19.1. The Morgan fingerprint density at radius 3 is 2.31 bits per heavy atom. The second kappa shape index (κ2) is 9.21. The summed E-state index contributed by atoms with van der Waals surface area (Å²) in [5.41, 5.74) is 4.47. The summed E-state index contributed by atoms with van der Waals surface area (Å²) >= 11 is 0. The number of hydrogen-bond acceptors (Lipinski definition) is 6. The quantitative estimate of drug-likeness (QED) is 0.538. The number of nitrogens with zero attached hydrogens (tertiary/aromatic N) is 4. The van der Waals surface area contributed by atoms with Crippen molar-refractivity contribution in [1.82, 2.24) is 25.2 Å². The first kappa shape index (κ1) is 22.6. The number of aromatic nitrogens is 3. The van der Waals surface area contributed by atoms with Gasteiger partial charge in [-0.2, -0.15) is 0 Å². The molecule has 2 aromatic carbocycles. The van der Waals surface area contributed by atoms with E-state index in [4.69, 9.17) is 9.84 Å². The van der Waals surface area contributed by atoms with E-state index < -0.39 is 18.1 Å². The van der Waals surface area contributed by atoms with Crippen LogP contribution in [0.2, 0.25) is 0 Å². The highest BCUT2D eigenvalue weighted by molar-refractivity contribution is 5.84. The van der Waals surface area contributed by atoms with Crippen molar-refractivity contribution >= 4 is 18.0 Å². The highest BCUT2D eigenvalue weighted by atomic mass is 16.5. The fourth-order valence-electron chi connectivity index (χ4n) is 4.66. The summed E-state index contributed by atoms with van der Waals surface area (Å²) in [6.45, 7) is 2.80. The summed E-state index contributed by atoms with van der Waals surface area (Å²) in [6, 6.07) is 15.8. The van der Waals surface area contributed by atoms with Crippen molar-refractivity contribution in [3.05, 3.63) is 71.5 Å². The van der Waals surface area contributed by atoms with Gasteiger partial charge in [0.05, 0.1) is 12.2 Å². The summed E-state index contributed by atoms with van der Waals surface area (Å²) in [5.74, 6) is -1.27. The molecular formula is C25H25N5O5. The molecule has 0 spiro atoms. The van der Waals surface area contributed by atoms with Gasteiger partial charge in [-0.3, -0.25) is 4.79 Å². The van der Waals surface area contributed by atoms with Crippen LogP contribution in [-0.4, -0.2) is 68.7 Å². The number of carbonyl (C=O) groups excluding carboxylic acids is 2. The van der Waals surface area contributed by atoms with E-state index in [-0.39, 0.29) is 36.6 Å². The lowest BCUT2D eigenvalue weighted by Gasteiger charge is -2.39. The summed E-state index contributed by atoms with van der Waals surface area (Å²) in [4.78, 5) is 37.6. The Balaban J connectivity index is 1.09. The third-order valence-electron chi connectivity index (χ3n) is 6.51. The van der Waals surface area contributed by atoms with Crippen LogP contribution in [0.1, 0.15) is 46.9 Å². The number of amides is 2. The standard InChI is InChI=1S/C25H25N5O5/c1-15(10-23(31)29-11-16(12-29)30-13-22(24(32)33)27-28-30)26-25(34)35-14-21-19-8-4-2-6-17(19)18-7-3-5-9-20(18)21/h2-9,13,15-16,21H,10-12,14H2,1H3,(H,26,34)(H,32,33)/t15-/m1/s1. The Morgan fingerprint density at radius 1 is 1.09 bits per heavy atom. The highest BCUT2D eigenvalue weighted by Crippen LogP contribution is 2.44. The lowest BCUT2D eigenvalue weighted by molar-refractivity contribution is -0.137. The molecule has 2 aliphatic rings. The van der Waals surface area contributed by atoms with E-state index in [0.717, 1.165) is 22.3 Å². The number of carboxylic acids is 1. The van der Waals surface area contributed by atoms with Crippen molar-refractivity contribution in [3.63, 3.8) is 0 Å². The lowest BCUT2D eigenvalue weighted by Crippen LogP contribution is -2.52. The molecule has 0 unspecified atom stereocenters. The Hall–Kier alpha value is -4.21. The van der Waals surface area contributed by atoms with Crippen molar-refractivity contribution in [3.8, 4) is 11.1 Å². The van der Waals surface area contributed by atoms with Gasteiger partial charge in [0, 0.05) is 31.5 Å². The normalized spacial score (nSPS) is 15.6. The van der Waals surface area contributed by atoms with Crippen molar-refractivity contribution in [2.24, 2.45) is 0 Å². The first-order valence-corrected chi connectivity index (χ1v) is 11.4. The van der Waals surface area contributed by atoms with Crippen LogP contribution in [0.3, 0.4) is 0 Å².